The predicted molar refractivity (Wildman–Crippen MR) is 206 cm³/mol. The topological polar surface area (TPSA) is 118 Å². The zero-order valence-corrected chi connectivity index (χ0v) is 32.6. The fraction of sp³-hybridized carbons (Fsp3) is 0.610. The van der Waals surface area contributed by atoms with Gasteiger partial charge >= 0.3 is 12.1 Å². The smallest absolute Gasteiger partial charge is 0.410 e. The fourth-order valence-corrected chi connectivity index (χ4v) is 8.58. The summed E-state index contributed by atoms with van der Waals surface area (Å²) in [4.78, 5) is 29.4. The summed E-state index contributed by atoms with van der Waals surface area (Å²) in [7, 11) is 1.72. The van der Waals surface area contributed by atoms with Crippen LogP contribution in [0.1, 0.15) is 76.3 Å². The van der Waals surface area contributed by atoms with Crippen LogP contribution in [0.25, 0.3) is 32.9 Å². The highest BCUT2D eigenvalue weighted by atomic mass is 19.3. The first-order chi connectivity index (χ1) is 26.4. The van der Waals surface area contributed by atoms with Gasteiger partial charge in [0.1, 0.15) is 29.6 Å². The van der Waals surface area contributed by atoms with Crippen LogP contribution in [0.4, 0.5) is 19.4 Å². The zero-order valence-electron chi connectivity index (χ0n) is 32.6. The summed E-state index contributed by atoms with van der Waals surface area (Å²) in [6.45, 7) is 13.0. The molecule has 4 aliphatic rings. The number of aryl methyl sites for hydroxylation is 1. The van der Waals surface area contributed by atoms with Crippen molar-refractivity contribution in [2.24, 2.45) is 5.41 Å². The van der Waals surface area contributed by atoms with Crippen LogP contribution >= 0.6 is 0 Å². The molecule has 5 heterocycles. The van der Waals surface area contributed by atoms with Crippen LogP contribution in [0.3, 0.4) is 0 Å². The monoisotopic (exact) mass is 761 g/mol. The maximum atomic E-state index is 14.1. The number of rotatable bonds is 11. The van der Waals surface area contributed by atoms with Crippen molar-refractivity contribution in [3.05, 3.63) is 35.5 Å². The van der Waals surface area contributed by atoms with Gasteiger partial charge in [0.15, 0.2) is 5.75 Å². The van der Waals surface area contributed by atoms with Gasteiger partial charge < -0.3 is 33.6 Å². The van der Waals surface area contributed by atoms with Crippen LogP contribution in [0.15, 0.2) is 24.4 Å². The maximum absolute atomic E-state index is 14.1. The molecule has 12 nitrogen and oxygen atoms in total. The van der Waals surface area contributed by atoms with Crippen LogP contribution in [-0.2, 0) is 9.47 Å². The third kappa shape index (κ3) is 7.89. The Morgan fingerprint density at radius 3 is 2.44 bits per heavy atom. The van der Waals surface area contributed by atoms with E-state index < -0.39 is 18.6 Å². The van der Waals surface area contributed by atoms with E-state index in [0.29, 0.717) is 44.1 Å². The maximum Gasteiger partial charge on any atom is 0.410 e. The molecule has 1 N–H and O–H groups in total. The third-order valence-electron chi connectivity index (χ3n) is 11.6. The number of aromatic nitrogens is 4. The lowest BCUT2D eigenvalue weighted by atomic mass is 9.72. The summed E-state index contributed by atoms with van der Waals surface area (Å²) in [5.74, 6) is 1.31. The van der Waals surface area contributed by atoms with E-state index in [9.17, 15) is 13.6 Å². The summed E-state index contributed by atoms with van der Waals surface area (Å²) < 4.78 is 52.0. The van der Waals surface area contributed by atoms with E-state index in [2.05, 4.69) is 26.1 Å². The van der Waals surface area contributed by atoms with E-state index in [1.54, 1.807) is 18.2 Å². The summed E-state index contributed by atoms with van der Waals surface area (Å²) in [5, 5.41) is 9.09. The van der Waals surface area contributed by atoms with Crippen molar-refractivity contribution in [3.63, 3.8) is 0 Å². The Kier molecular flexibility index (Phi) is 10.2. The van der Waals surface area contributed by atoms with Crippen LogP contribution < -0.4 is 14.4 Å². The lowest BCUT2D eigenvalue weighted by molar-refractivity contribution is -0.0434. The van der Waals surface area contributed by atoms with Gasteiger partial charge in [-0.1, -0.05) is 6.07 Å². The highest BCUT2D eigenvalue weighted by Gasteiger charge is 2.48. The Morgan fingerprint density at radius 1 is 1.02 bits per heavy atom. The minimum absolute atomic E-state index is 0.0189. The Labute approximate surface area is 320 Å². The van der Waals surface area contributed by atoms with Crippen LogP contribution in [-0.4, -0.2) is 120 Å². The van der Waals surface area contributed by atoms with Crippen LogP contribution in [0.2, 0.25) is 0 Å². The second kappa shape index (κ2) is 15.0. The number of hydrogen-bond acceptors (Lipinski definition) is 10. The molecule has 4 fully saturated rings. The number of carbonyl (C=O) groups is 1. The Hall–Kier alpha value is -4.30. The molecule has 8 rings (SSSR count). The average Bonchev–Trinajstić information content (AvgIpc) is 3.87. The molecule has 1 amide bonds. The number of carbonyl (C=O) groups excluding carboxylic acids is 1. The number of alkyl halides is 2. The number of halogens is 2. The quantitative estimate of drug-likeness (QED) is 0.167. The van der Waals surface area contributed by atoms with Gasteiger partial charge in [-0.25, -0.2) is 13.6 Å². The largest absolute Gasteiger partial charge is 0.485 e. The summed E-state index contributed by atoms with van der Waals surface area (Å²) in [5.41, 5.74) is 4.54. The molecule has 296 valence electrons. The molecule has 2 aromatic heterocycles. The number of H-pyrrole nitrogens is 1. The molecule has 1 saturated carbocycles. The molecule has 1 spiro atoms. The first-order valence-corrected chi connectivity index (χ1v) is 19.7. The number of fused-ring (bicyclic) bond motifs is 2. The Balaban J connectivity index is 1.19. The summed E-state index contributed by atoms with van der Waals surface area (Å²) >= 11 is 0. The molecule has 1 aliphatic carbocycles. The number of aromatic amines is 1. The molecule has 55 heavy (non-hydrogen) atoms. The number of nitrogens with zero attached hydrogens (tertiary/aromatic N) is 6. The molecule has 4 aromatic rings. The number of benzene rings is 2. The van der Waals surface area contributed by atoms with Crippen molar-refractivity contribution >= 4 is 33.7 Å². The number of anilines is 1. The van der Waals surface area contributed by atoms with Crippen molar-refractivity contribution < 1.29 is 32.5 Å². The first-order valence-electron chi connectivity index (χ1n) is 19.7. The summed E-state index contributed by atoms with van der Waals surface area (Å²) in [6.07, 6.45) is 4.10. The lowest BCUT2D eigenvalue weighted by Gasteiger charge is -2.53. The highest BCUT2D eigenvalue weighted by molar-refractivity contribution is 6.06. The molecule has 14 heteroatoms. The standard InChI is InChI=1S/C41H53F2N7O5/c1-25-6-9-31-30(21-44-47-31)33(25)34-28(26-7-8-26)20-29-35(36(34)53-22-32(42)43)45-38(54-27-10-14-48(15-11-27)18-19-52-5)46-37(29)49-16-12-41(13-17-49)23-50(24-41)39(51)55-40(2,3)4/h6,9,20-21,26-27,32H,7-8,10-19,22-24H2,1-5H3,(H,44,47). The molecule has 2 aromatic carbocycles. The van der Waals surface area contributed by atoms with Gasteiger partial charge in [0, 0.05) is 74.7 Å². The van der Waals surface area contributed by atoms with Gasteiger partial charge in [0.05, 0.1) is 18.3 Å². The first kappa shape index (κ1) is 37.6. The van der Waals surface area contributed by atoms with E-state index in [4.69, 9.17) is 28.9 Å². The minimum atomic E-state index is -2.68. The number of methoxy groups -OCH3 is 1. The molecule has 3 aliphatic heterocycles. The fourth-order valence-electron chi connectivity index (χ4n) is 8.58. The van der Waals surface area contributed by atoms with E-state index in [1.807, 2.05) is 39.8 Å². The number of hydrogen-bond donors (Lipinski definition) is 1. The zero-order chi connectivity index (χ0) is 38.5. The highest BCUT2D eigenvalue weighted by Crippen LogP contribution is 2.53. The normalized spacial score (nSPS) is 19.4. The molecule has 0 bridgehead atoms. The number of piperidine rings is 2. The molecule has 0 unspecified atom stereocenters. The van der Waals surface area contributed by atoms with E-state index >= 15 is 0 Å². The van der Waals surface area contributed by atoms with Crippen molar-refractivity contribution in [3.8, 4) is 22.9 Å². The van der Waals surface area contributed by atoms with E-state index in [-0.39, 0.29) is 29.5 Å². The number of ether oxygens (including phenoxy) is 4. The van der Waals surface area contributed by atoms with Crippen molar-refractivity contribution in [1.82, 2.24) is 30.0 Å². The Bertz CT molecular complexity index is 2020. The van der Waals surface area contributed by atoms with Crippen molar-refractivity contribution in [1.29, 1.82) is 0 Å². The second-order valence-electron chi connectivity index (χ2n) is 16.9. The van der Waals surface area contributed by atoms with Crippen LogP contribution in [0.5, 0.6) is 11.8 Å². The van der Waals surface area contributed by atoms with Gasteiger partial charge in [0.2, 0.25) is 0 Å². The molecular formula is C41H53F2N7O5. The molecule has 0 radical (unpaired) electrons. The number of likely N-dealkylation sites (tertiary alicyclic amines) is 2. The Morgan fingerprint density at radius 2 is 1.76 bits per heavy atom. The number of amides is 1. The van der Waals surface area contributed by atoms with Gasteiger partial charge in [0.25, 0.3) is 6.43 Å². The van der Waals surface area contributed by atoms with Gasteiger partial charge in [-0.2, -0.15) is 15.1 Å². The third-order valence-corrected chi connectivity index (χ3v) is 11.6. The van der Waals surface area contributed by atoms with E-state index in [1.165, 1.54) is 0 Å². The van der Waals surface area contributed by atoms with E-state index in [0.717, 1.165) is 103 Å². The van der Waals surface area contributed by atoms with Gasteiger partial charge in [-0.15, -0.1) is 0 Å². The molecule has 3 saturated heterocycles. The lowest BCUT2D eigenvalue weighted by Crippen LogP contribution is -2.62. The minimum Gasteiger partial charge on any atom is -0.485 e. The number of nitrogens with one attached hydrogen (secondary N) is 1. The SMILES string of the molecule is COCCN1CCC(Oc2nc(N3CCC4(CC3)CN(C(=O)OC(C)(C)C)C4)c3cc(C4CC4)c(-c4c(C)ccc5[nH]ncc45)c(OCC(F)F)c3n2)CC1. The van der Waals surface area contributed by atoms with Gasteiger partial charge in [-0.05, 0) is 101 Å². The van der Waals surface area contributed by atoms with Crippen molar-refractivity contribution in [2.75, 3.05) is 71.0 Å². The molecular weight excluding hydrogens is 708 g/mol. The van der Waals surface area contributed by atoms with Gasteiger partial charge in [-0.3, -0.25) is 5.10 Å². The molecule has 0 atom stereocenters. The summed E-state index contributed by atoms with van der Waals surface area (Å²) in [6, 6.07) is 6.42. The van der Waals surface area contributed by atoms with Crippen LogP contribution in [0, 0.1) is 12.3 Å². The second-order valence-corrected chi connectivity index (χ2v) is 16.9. The van der Waals surface area contributed by atoms with Crippen molar-refractivity contribution in [2.45, 2.75) is 90.3 Å². The predicted octanol–water partition coefficient (Wildman–Crippen LogP) is 7.33. The average molecular weight is 762 g/mol.